The summed E-state index contributed by atoms with van der Waals surface area (Å²) < 4.78 is 2.04. The Bertz CT molecular complexity index is 1530. The first-order valence-electron chi connectivity index (χ1n) is 10.4. The third-order valence-corrected chi connectivity index (χ3v) is 6.64. The fraction of sp³-hybridized carbons (Fsp3) is 0.120. The smallest absolute Gasteiger partial charge is 0.258 e. The Balaban J connectivity index is 1.55. The number of aryl methyl sites for hydroxylation is 2. The van der Waals surface area contributed by atoms with Crippen LogP contribution >= 0.6 is 23.4 Å². The van der Waals surface area contributed by atoms with E-state index in [0.29, 0.717) is 32.7 Å². The number of halogens is 1. The van der Waals surface area contributed by atoms with Gasteiger partial charge in [0.05, 0.1) is 22.3 Å². The number of nitrogens with one attached hydrogen (secondary N) is 1. The number of rotatable bonds is 5. The van der Waals surface area contributed by atoms with Gasteiger partial charge >= 0.3 is 0 Å². The first-order valence-corrected chi connectivity index (χ1v) is 11.8. The van der Waals surface area contributed by atoms with Gasteiger partial charge in [-0.1, -0.05) is 59.8 Å². The molecule has 33 heavy (non-hydrogen) atoms. The lowest BCUT2D eigenvalue weighted by Crippen LogP contribution is -2.11. The molecule has 8 heteroatoms. The molecule has 2 aromatic heterocycles. The van der Waals surface area contributed by atoms with E-state index >= 15 is 0 Å². The van der Waals surface area contributed by atoms with Crippen molar-refractivity contribution in [3.8, 4) is 17.1 Å². The topological polar surface area (TPSA) is 76.5 Å². The first kappa shape index (κ1) is 21.4. The van der Waals surface area contributed by atoms with Crippen LogP contribution in [0.1, 0.15) is 17.0 Å². The van der Waals surface area contributed by atoms with Gasteiger partial charge < -0.3 is 4.98 Å². The molecular formula is C25H20ClN5OS. The Labute approximate surface area is 199 Å². The highest BCUT2D eigenvalue weighted by atomic mass is 35.5. The van der Waals surface area contributed by atoms with E-state index in [1.165, 1.54) is 22.9 Å². The summed E-state index contributed by atoms with van der Waals surface area (Å²) in [6.45, 7) is 4.18. The van der Waals surface area contributed by atoms with E-state index in [1.807, 2.05) is 34.9 Å². The lowest BCUT2D eigenvalue weighted by atomic mass is 10.1. The molecule has 0 unspecified atom stereocenters. The molecule has 0 amide bonds. The summed E-state index contributed by atoms with van der Waals surface area (Å²) in [5.41, 5.74) is 4.75. The van der Waals surface area contributed by atoms with E-state index in [-0.39, 0.29) is 5.56 Å². The monoisotopic (exact) mass is 473 g/mol. The van der Waals surface area contributed by atoms with Crippen LogP contribution in [0.25, 0.3) is 28.0 Å². The summed E-state index contributed by atoms with van der Waals surface area (Å²) in [5.74, 6) is 1.74. The zero-order valence-corrected chi connectivity index (χ0v) is 19.6. The number of hydrogen-bond acceptors (Lipinski definition) is 5. The highest BCUT2D eigenvalue weighted by molar-refractivity contribution is 7.98. The molecule has 2 heterocycles. The third-order valence-electron chi connectivity index (χ3n) is 5.47. The van der Waals surface area contributed by atoms with Crippen LogP contribution in [0.4, 0.5) is 0 Å². The second kappa shape index (κ2) is 8.84. The molecule has 0 atom stereocenters. The van der Waals surface area contributed by atoms with E-state index in [1.54, 1.807) is 18.2 Å². The number of thioether (sulfide) groups is 1. The quantitative estimate of drug-likeness (QED) is 0.330. The second-order valence-electron chi connectivity index (χ2n) is 7.74. The van der Waals surface area contributed by atoms with Crippen molar-refractivity contribution in [1.29, 1.82) is 0 Å². The molecule has 0 aliphatic carbocycles. The molecule has 0 saturated carbocycles. The number of H-pyrrole nitrogens is 1. The summed E-state index contributed by atoms with van der Waals surface area (Å²) in [6.07, 6.45) is 0. The van der Waals surface area contributed by atoms with Crippen molar-refractivity contribution in [1.82, 2.24) is 24.7 Å². The second-order valence-corrected chi connectivity index (χ2v) is 9.12. The molecule has 3 aromatic carbocycles. The number of aromatic nitrogens is 5. The van der Waals surface area contributed by atoms with E-state index in [9.17, 15) is 4.79 Å². The summed E-state index contributed by atoms with van der Waals surface area (Å²) in [4.78, 5) is 19.9. The molecule has 164 valence electrons. The Morgan fingerprint density at radius 3 is 2.58 bits per heavy atom. The molecule has 6 nitrogen and oxygen atoms in total. The lowest BCUT2D eigenvalue weighted by Gasteiger charge is -2.12. The van der Waals surface area contributed by atoms with Crippen molar-refractivity contribution in [3.05, 3.63) is 99.1 Å². The van der Waals surface area contributed by atoms with Crippen LogP contribution in [0, 0.1) is 13.8 Å². The number of hydrogen-bond donors (Lipinski definition) is 1. The van der Waals surface area contributed by atoms with E-state index in [2.05, 4.69) is 52.2 Å². The fourth-order valence-electron chi connectivity index (χ4n) is 3.60. The van der Waals surface area contributed by atoms with Gasteiger partial charge in [-0.2, -0.15) is 0 Å². The van der Waals surface area contributed by atoms with E-state index < -0.39 is 0 Å². The van der Waals surface area contributed by atoms with Gasteiger partial charge in [-0.3, -0.25) is 9.36 Å². The lowest BCUT2D eigenvalue weighted by molar-refractivity contribution is 0.881. The maximum atomic E-state index is 12.5. The van der Waals surface area contributed by atoms with Gasteiger partial charge in [-0.05, 0) is 55.3 Å². The molecule has 0 aliphatic heterocycles. The van der Waals surface area contributed by atoms with E-state index in [4.69, 9.17) is 11.6 Å². The maximum Gasteiger partial charge on any atom is 0.258 e. The van der Waals surface area contributed by atoms with Crippen molar-refractivity contribution in [2.45, 2.75) is 24.8 Å². The minimum Gasteiger partial charge on any atom is -0.309 e. The maximum absolute atomic E-state index is 12.5. The van der Waals surface area contributed by atoms with Crippen molar-refractivity contribution in [2.75, 3.05) is 0 Å². The molecule has 5 rings (SSSR count). The minimum absolute atomic E-state index is 0.187. The summed E-state index contributed by atoms with van der Waals surface area (Å²) in [6, 6.07) is 21.3. The molecule has 0 bridgehead atoms. The average Bonchev–Trinajstić information content (AvgIpc) is 3.24. The third kappa shape index (κ3) is 4.29. The molecule has 0 fully saturated rings. The van der Waals surface area contributed by atoms with Gasteiger partial charge in [0.1, 0.15) is 5.82 Å². The van der Waals surface area contributed by atoms with Gasteiger partial charge in [-0.15, -0.1) is 10.2 Å². The van der Waals surface area contributed by atoms with Gasteiger partial charge in [0.25, 0.3) is 5.56 Å². The highest BCUT2D eigenvalue weighted by Gasteiger charge is 2.17. The first-order chi connectivity index (χ1) is 16.0. The molecule has 0 radical (unpaired) electrons. The molecule has 5 aromatic rings. The van der Waals surface area contributed by atoms with Crippen molar-refractivity contribution in [3.63, 3.8) is 0 Å². The zero-order valence-electron chi connectivity index (χ0n) is 18.0. The Morgan fingerprint density at radius 2 is 1.79 bits per heavy atom. The van der Waals surface area contributed by atoms with Crippen LogP contribution in [-0.2, 0) is 5.75 Å². The van der Waals surface area contributed by atoms with Crippen LogP contribution in [-0.4, -0.2) is 24.7 Å². The fourth-order valence-corrected chi connectivity index (χ4v) is 4.59. The van der Waals surface area contributed by atoms with Gasteiger partial charge in [0.15, 0.2) is 11.0 Å². The predicted octanol–water partition coefficient (Wildman–Crippen LogP) is 5.73. The summed E-state index contributed by atoms with van der Waals surface area (Å²) >= 11 is 7.56. The number of fused-ring (bicyclic) bond motifs is 1. The van der Waals surface area contributed by atoms with Crippen LogP contribution in [0.15, 0.2) is 76.7 Å². The standard InChI is InChI=1S/C25H20ClN5OS/c1-15-8-10-19(12-16(15)2)31-23(17-6-4-3-5-7-17)29-30-25(31)33-14-22-27-21-13-18(26)9-11-20(21)24(32)28-22/h3-13H,14H2,1-2H3,(H,27,28,32). The van der Waals surface area contributed by atoms with Crippen LogP contribution in [0.2, 0.25) is 5.02 Å². The summed E-state index contributed by atoms with van der Waals surface area (Å²) in [5, 5.41) is 10.7. The Hall–Kier alpha value is -3.42. The van der Waals surface area contributed by atoms with Gasteiger partial charge in [-0.25, -0.2) is 4.98 Å². The normalized spacial score (nSPS) is 11.2. The van der Waals surface area contributed by atoms with Crippen molar-refractivity contribution >= 4 is 34.3 Å². The van der Waals surface area contributed by atoms with Crippen LogP contribution in [0.3, 0.4) is 0 Å². The van der Waals surface area contributed by atoms with E-state index in [0.717, 1.165) is 17.1 Å². The molecular weight excluding hydrogens is 454 g/mol. The molecule has 0 saturated heterocycles. The minimum atomic E-state index is -0.187. The largest absolute Gasteiger partial charge is 0.309 e. The van der Waals surface area contributed by atoms with Gasteiger partial charge in [0.2, 0.25) is 0 Å². The SMILES string of the molecule is Cc1ccc(-n2c(SCc3nc4cc(Cl)ccc4c(=O)[nH]3)nnc2-c2ccccc2)cc1C. The zero-order chi connectivity index (χ0) is 22.9. The summed E-state index contributed by atoms with van der Waals surface area (Å²) in [7, 11) is 0. The molecule has 1 N–H and O–H groups in total. The number of aromatic amines is 1. The number of nitrogens with zero attached hydrogens (tertiary/aromatic N) is 4. The van der Waals surface area contributed by atoms with Crippen molar-refractivity contribution < 1.29 is 0 Å². The Morgan fingerprint density at radius 1 is 0.970 bits per heavy atom. The Kier molecular flexibility index (Phi) is 5.74. The van der Waals surface area contributed by atoms with Crippen LogP contribution in [0.5, 0.6) is 0 Å². The number of benzene rings is 3. The highest BCUT2D eigenvalue weighted by Crippen LogP contribution is 2.30. The van der Waals surface area contributed by atoms with Crippen LogP contribution < -0.4 is 5.56 Å². The molecule has 0 spiro atoms. The van der Waals surface area contributed by atoms with Crippen molar-refractivity contribution in [2.24, 2.45) is 0 Å². The molecule has 0 aliphatic rings. The van der Waals surface area contributed by atoms with Gasteiger partial charge in [0, 0.05) is 10.6 Å². The predicted molar refractivity (Wildman–Crippen MR) is 133 cm³/mol. The average molecular weight is 474 g/mol.